The molecule has 0 amide bonds. The third-order valence-corrected chi connectivity index (χ3v) is 0.770. The molecule has 3 heteroatoms. The third kappa shape index (κ3) is 51.8. The Morgan fingerprint density at radius 2 is 1.50 bits per heavy atom. The number of aliphatic hydroxyl groups excluding tert-OH is 1. The Morgan fingerprint density at radius 1 is 1.08 bits per heavy atom. The van der Waals surface area contributed by atoms with Gasteiger partial charge in [0.2, 0.25) is 0 Å². The van der Waals surface area contributed by atoms with E-state index in [1.807, 2.05) is 20.8 Å². The van der Waals surface area contributed by atoms with E-state index >= 15 is 0 Å². The monoisotopic (exact) mass is 181 g/mol. The maximum atomic E-state index is 7.96. The Kier molecular flexibility index (Phi) is 58.0. The number of hydrogen-bond donors (Lipinski definition) is 2. The fraction of sp³-hybridized carbons (Fsp3) is 1.00. The molecule has 0 saturated heterocycles. The van der Waals surface area contributed by atoms with Gasteiger partial charge >= 0.3 is 0 Å². The Bertz CT molecular complexity index is 33.5. The van der Waals surface area contributed by atoms with Gasteiger partial charge in [0.15, 0.2) is 0 Å². The molecule has 0 aromatic heterocycles. The molecule has 0 rings (SSSR count). The van der Waals surface area contributed by atoms with E-state index in [2.05, 4.69) is 5.32 Å². The molecule has 0 aliphatic carbocycles. The van der Waals surface area contributed by atoms with Crippen LogP contribution in [-0.2, 0) is 4.74 Å². The molecule has 0 spiro atoms. The minimum atomic E-state index is 0. The van der Waals surface area contributed by atoms with E-state index in [1.54, 1.807) is 0 Å². The highest BCUT2D eigenvalue weighted by molar-refractivity contribution is 4.20. The van der Waals surface area contributed by atoms with E-state index in [0.717, 1.165) is 19.8 Å². The zero-order chi connectivity index (χ0) is 8.24. The summed E-state index contributed by atoms with van der Waals surface area (Å²) in [6.07, 6.45) is 0. The molecule has 0 aliphatic heterocycles. The Morgan fingerprint density at radius 3 is 1.50 bits per heavy atom. The Labute approximate surface area is 78.1 Å². The van der Waals surface area contributed by atoms with Crippen LogP contribution in [0.1, 0.15) is 35.6 Å². The van der Waals surface area contributed by atoms with Gasteiger partial charge in [-0.05, 0) is 20.4 Å². The molecular weight excluding hydrogens is 154 g/mol. The van der Waals surface area contributed by atoms with Crippen molar-refractivity contribution in [3.63, 3.8) is 0 Å². The SMILES string of the molecule is C.C.CCNCO.CCOCC. The van der Waals surface area contributed by atoms with E-state index in [-0.39, 0.29) is 21.6 Å². The van der Waals surface area contributed by atoms with E-state index in [0.29, 0.717) is 0 Å². The maximum Gasteiger partial charge on any atom is 0.0931 e. The minimum Gasteiger partial charge on any atom is -0.382 e. The molecular formula is C9H27NO2. The van der Waals surface area contributed by atoms with Crippen molar-refractivity contribution >= 4 is 0 Å². The van der Waals surface area contributed by atoms with Crippen molar-refractivity contribution in [3.8, 4) is 0 Å². The molecule has 80 valence electrons. The molecule has 0 unspecified atom stereocenters. The van der Waals surface area contributed by atoms with Crippen LogP contribution in [0.4, 0.5) is 0 Å². The van der Waals surface area contributed by atoms with Crippen molar-refractivity contribution in [1.29, 1.82) is 0 Å². The summed E-state index contributed by atoms with van der Waals surface area (Å²) in [6, 6.07) is 0. The van der Waals surface area contributed by atoms with Gasteiger partial charge in [-0.2, -0.15) is 0 Å². The Hall–Kier alpha value is -0.120. The predicted octanol–water partition coefficient (Wildman–Crippen LogP) is 1.86. The summed E-state index contributed by atoms with van der Waals surface area (Å²) in [4.78, 5) is 0. The molecule has 0 radical (unpaired) electrons. The summed E-state index contributed by atoms with van der Waals surface area (Å²) in [7, 11) is 0. The lowest BCUT2D eigenvalue weighted by Crippen LogP contribution is -2.12. The average molecular weight is 181 g/mol. The largest absolute Gasteiger partial charge is 0.382 e. The van der Waals surface area contributed by atoms with Crippen molar-refractivity contribution in [2.24, 2.45) is 0 Å². The molecule has 0 aromatic rings. The fourth-order valence-electron chi connectivity index (χ4n) is 0.316. The third-order valence-electron chi connectivity index (χ3n) is 0.770. The lowest BCUT2D eigenvalue weighted by atomic mass is 10.8. The second-order valence-corrected chi connectivity index (χ2v) is 1.54. The zero-order valence-corrected chi connectivity index (χ0v) is 7.18. The lowest BCUT2D eigenvalue weighted by molar-refractivity contribution is 0.162. The van der Waals surface area contributed by atoms with E-state index < -0.39 is 0 Å². The maximum absolute atomic E-state index is 7.96. The van der Waals surface area contributed by atoms with Crippen LogP contribution in [0.25, 0.3) is 0 Å². The second kappa shape index (κ2) is 30.7. The van der Waals surface area contributed by atoms with Crippen LogP contribution in [-0.4, -0.2) is 31.6 Å². The van der Waals surface area contributed by atoms with E-state index in [4.69, 9.17) is 9.84 Å². The summed E-state index contributed by atoms with van der Waals surface area (Å²) in [5, 5.41) is 10.6. The van der Waals surface area contributed by atoms with Gasteiger partial charge in [-0.3, -0.25) is 5.32 Å². The molecule has 0 bridgehead atoms. The lowest BCUT2D eigenvalue weighted by Gasteiger charge is -1.86. The first-order valence-corrected chi connectivity index (χ1v) is 3.72. The molecule has 3 nitrogen and oxygen atoms in total. The fourth-order valence-corrected chi connectivity index (χ4v) is 0.316. The molecule has 0 aromatic carbocycles. The molecule has 12 heavy (non-hydrogen) atoms. The van der Waals surface area contributed by atoms with Gasteiger partial charge in [0.25, 0.3) is 0 Å². The summed E-state index contributed by atoms with van der Waals surface area (Å²) < 4.78 is 4.83. The summed E-state index contributed by atoms with van der Waals surface area (Å²) in [5.74, 6) is 0. The van der Waals surface area contributed by atoms with Crippen molar-refractivity contribution in [2.45, 2.75) is 35.6 Å². The predicted molar refractivity (Wildman–Crippen MR) is 56.4 cm³/mol. The normalized spacial score (nSPS) is 7.00. The van der Waals surface area contributed by atoms with Crippen LogP contribution in [0.3, 0.4) is 0 Å². The van der Waals surface area contributed by atoms with Crippen molar-refractivity contribution in [2.75, 3.05) is 26.5 Å². The van der Waals surface area contributed by atoms with Gasteiger partial charge in [0.05, 0.1) is 6.73 Å². The minimum absolute atomic E-state index is 0. The second-order valence-electron chi connectivity index (χ2n) is 1.54. The topological polar surface area (TPSA) is 41.5 Å². The highest BCUT2D eigenvalue weighted by Gasteiger charge is 1.64. The number of nitrogens with one attached hydrogen (secondary N) is 1. The molecule has 0 saturated carbocycles. The summed E-state index contributed by atoms with van der Waals surface area (Å²) in [5.41, 5.74) is 0. The van der Waals surface area contributed by atoms with Crippen molar-refractivity contribution in [3.05, 3.63) is 0 Å². The first kappa shape index (κ1) is 22.6. The van der Waals surface area contributed by atoms with Crippen LogP contribution >= 0.6 is 0 Å². The van der Waals surface area contributed by atoms with Gasteiger partial charge in [-0.25, -0.2) is 0 Å². The standard InChI is InChI=1S/C4H10O.C3H9NO.2CH4/c1-3-5-4-2;1-2-4-3-5;;/h3-4H2,1-2H3;4-5H,2-3H2,1H3;2*1H4. The van der Waals surface area contributed by atoms with Crippen LogP contribution in [0, 0.1) is 0 Å². The highest BCUT2D eigenvalue weighted by atomic mass is 16.5. The first-order chi connectivity index (χ1) is 4.83. The first-order valence-electron chi connectivity index (χ1n) is 3.72. The van der Waals surface area contributed by atoms with Gasteiger partial charge in [-0.1, -0.05) is 21.8 Å². The summed E-state index contributed by atoms with van der Waals surface area (Å²) in [6.45, 7) is 8.54. The van der Waals surface area contributed by atoms with E-state index in [1.165, 1.54) is 0 Å². The molecule has 0 aliphatic rings. The van der Waals surface area contributed by atoms with Crippen LogP contribution < -0.4 is 5.32 Å². The van der Waals surface area contributed by atoms with Gasteiger partial charge in [-0.15, -0.1) is 0 Å². The molecule has 0 fully saturated rings. The number of aliphatic hydroxyl groups is 1. The Balaban J connectivity index is -0.0000000457. The smallest absolute Gasteiger partial charge is 0.0931 e. The van der Waals surface area contributed by atoms with Gasteiger partial charge < -0.3 is 9.84 Å². The zero-order valence-electron chi connectivity index (χ0n) is 7.18. The van der Waals surface area contributed by atoms with Gasteiger partial charge in [0, 0.05) is 13.2 Å². The van der Waals surface area contributed by atoms with Crippen molar-refractivity contribution in [1.82, 2.24) is 5.32 Å². The number of hydrogen-bond acceptors (Lipinski definition) is 3. The van der Waals surface area contributed by atoms with Crippen LogP contribution in [0.15, 0.2) is 0 Å². The van der Waals surface area contributed by atoms with Crippen molar-refractivity contribution < 1.29 is 9.84 Å². The molecule has 2 N–H and O–H groups in total. The number of ether oxygens (including phenoxy) is 1. The van der Waals surface area contributed by atoms with Crippen LogP contribution in [0.5, 0.6) is 0 Å². The quantitative estimate of drug-likeness (QED) is 0.650. The van der Waals surface area contributed by atoms with Gasteiger partial charge in [0.1, 0.15) is 0 Å². The highest BCUT2D eigenvalue weighted by Crippen LogP contribution is 1.64. The summed E-state index contributed by atoms with van der Waals surface area (Å²) >= 11 is 0. The number of rotatable bonds is 4. The molecule has 0 atom stereocenters. The van der Waals surface area contributed by atoms with E-state index in [9.17, 15) is 0 Å². The molecule has 0 heterocycles. The van der Waals surface area contributed by atoms with Crippen LogP contribution in [0.2, 0.25) is 0 Å². The average Bonchev–Trinajstić information content (AvgIpc) is 1.93.